The smallest absolute Gasteiger partial charge is 0.240 e. The van der Waals surface area contributed by atoms with Crippen LogP contribution >= 0.6 is 0 Å². The van der Waals surface area contributed by atoms with Crippen LogP contribution in [0.15, 0.2) is 23.1 Å². The van der Waals surface area contributed by atoms with Gasteiger partial charge in [0.05, 0.1) is 4.90 Å². The maximum atomic E-state index is 12.2. The number of hydrogen-bond acceptors (Lipinski definition) is 3. The molecule has 0 fully saturated rings. The fourth-order valence-corrected chi connectivity index (χ4v) is 3.29. The summed E-state index contributed by atoms with van der Waals surface area (Å²) in [6.07, 6.45) is 1.82. The lowest BCUT2D eigenvalue weighted by Crippen LogP contribution is -2.27. The zero-order valence-electron chi connectivity index (χ0n) is 11.6. The Morgan fingerprint density at radius 1 is 1.32 bits per heavy atom. The van der Waals surface area contributed by atoms with Crippen LogP contribution in [-0.2, 0) is 23.0 Å². The molecular formula is C14H22N2O2S. The van der Waals surface area contributed by atoms with Gasteiger partial charge in [0, 0.05) is 13.1 Å². The molecule has 1 heterocycles. The van der Waals surface area contributed by atoms with Gasteiger partial charge in [0.1, 0.15) is 0 Å². The number of benzene rings is 1. The average Bonchev–Trinajstić information content (AvgIpc) is 2.37. The molecular weight excluding hydrogens is 260 g/mol. The van der Waals surface area contributed by atoms with Gasteiger partial charge in [-0.2, -0.15) is 0 Å². The fraction of sp³-hybridized carbons (Fsp3) is 0.571. The van der Waals surface area contributed by atoms with Gasteiger partial charge in [0.25, 0.3) is 0 Å². The Kier molecular flexibility index (Phi) is 4.60. The van der Waals surface area contributed by atoms with Crippen molar-refractivity contribution in [3.63, 3.8) is 0 Å². The first-order valence-electron chi connectivity index (χ1n) is 6.81. The van der Waals surface area contributed by atoms with Crippen molar-refractivity contribution in [3.05, 3.63) is 29.3 Å². The second-order valence-corrected chi connectivity index (χ2v) is 7.20. The summed E-state index contributed by atoms with van der Waals surface area (Å²) in [6, 6.07) is 5.44. The van der Waals surface area contributed by atoms with Crippen molar-refractivity contribution in [3.8, 4) is 0 Å². The Labute approximate surface area is 115 Å². The summed E-state index contributed by atoms with van der Waals surface area (Å²) >= 11 is 0. The van der Waals surface area contributed by atoms with E-state index in [1.165, 1.54) is 5.56 Å². The molecule has 2 rings (SSSR count). The summed E-state index contributed by atoms with van der Waals surface area (Å²) in [5, 5.41) is 3.26. The van der Waals surface area contributed by atoms with Crippen molar-refractivity contribution in [1.82, 2.24) is 10.0 Å². The Morgan fingerprint density at radius 3 is 2.84 bits per heavy atom. The monoisotopic (exact) mass is 282 g/mol. The van der Waals surface area contributed by atoms with Crippen molar-refractivity contribution < 1.29 is 8.42 Å². The summed E-state index contributed by atoms with van der Waals surface area (Å²) in [5.41, 5.74) is 2.35. The number of nitrogens with one attached hydrogen (secondary N) is 2. The quantitative estimate of drug-likeness (QED) is 0.863. The Morgan fingerprint density at radius 2 is 2.11 bits per heavy atom. The molecule has 1 aromatic carbocycles. The van der Waals surface area contributed by atoms with Crippen molar-refractivity contribution >= 4 is 10.0 Å². The summed E-state index contributed by atoms with van der Waals surface area (Å²) in [4.78, 5) is 0.374. The molecule has 0 spiro atoms. The first-order valence-corrected chi connectivity index (χ1v) is 8.29. The van der Waals surface area contributed by atoms with Crippen LogP contribution in [0.3, 0.4) is 0 Å². The van der Waals surface area contributed by atoms with Gasteiger partial charge in [-0.1, -0.05) is 19.9 Å². The highest BCUT2D eigenvalue weighted by molar-refractivity contribution is 7.89. The molecule has 0 bridgehead atoms. The molecule has 4 nitrogen and oxygen atoms in total. The van der Waals surface area contributed by atoms with E-state index < -0.39 is 10.0 Å². The second kappa shape index (κ2) is 6.03. The van der Waals surface area contributed by atoms with Gasteiger partial charge in [0.2, 0.25) is 10.0 Å². The highest BCUT2D eigenvalue weighted by atomic mass is 32.2. The van der Waals surface area contributed by atoms with E-state index in [1.54, 1.807) is 12.1 Å². The first-order chi connectivity index (χ1) is 8.99. The maximum Gasteiger partial charge on any atom is 0.240 e. The third-order valence-corrected chi connectivity index (χ3v) is 4.85. The van der Waals surface area contributed by atoms with Crippen molar-refractivity contribution in [2.24, 2.45) is 5.92 Å². The van der Waals surface area contributed by atoms with Gasteiger partial charge in [-0.15, -0.1) is 0 Å². The summed E-state index contributed by atoms with van der Waals surface area (Å²) < 4.78 is 27.0. The van der Waals surface area contributed by atoms with Gasteiger partial charge in [-0.25, -0.2) is 13.1 Å². The largest absolute Gasteiger partial charge is 0.312 e. The third-order valence-electron chi connectivity index (χ3n) is 3.39. The minimum atomic E-state index is -3.37. The molecule has 1 aliphatic rings. The summed E-state index contributed by atoms with van der Waals surface area (Å²) in [5.74, 6) is 0.496. The third kappa shape index (κ3) is 3.78. The second-order valence-electron chi connectivity index (χ2n) is 5.44. The molecule has 0 saturated heterocycles. The van der Waals surface area contributed by atoms with E-state index in [2.05, 4.69) is 23.9 Å². The van der Waals surface area contributed by atoms with Crippen LogP contribution in [0.4, 0.5) is 0 Å². The van der Waals surface area contributed by atoms with Crippen LogP contribution in [0.2, 0.25) is 0 Å². The molecule has 5 heteroatoms. The topological polar surface area (TPSA) is 58.2 Å². The molecule has 0 aliphatic carbocycles. The number of sulfonamides is 1. The molecule has 19 heavy (non-hydrogen) atoms. The van der Waals surface area contributed by atoms with Gasteiger partial charge in [0.15, 0.2) is 0 Å². The SMILES string of the molecule is CC(C)CCNS(=O)(=O)c1ccc2c(c1)CNCC2. The van der Waals surface area contributed by atoms with E-state index in [9.17, 15) is 8.42 Å². The minimum absolute atomic E-state index is 0.374. The average molecular weight is 282 g/mol. The van der Waals surface area contributed by atoms with E-state index in [4.69, 9.17) is 0 Å². The molecule has 0 amide bonds. The highest BCUT2D eigenvalue weighted by Crippen LogP contribution is 2.19. The van der Waals surface area contributed by atoms with Crippen molar-refractivity contribution in [2.75, 3.05) is 13.1 Å². The van der Waals surface area contributed by atoms with Crippen LogP contribution in [0, 0.1) is 5.92 Å². The lowest BCUT2D eigenvalue weighted by Gasteiger charge is -2.18. The van der Waals surface area contributed by atoms with Crippen LogP contribution in [0.1, 0.15) is 31.4 Å². The predicted octanol–water partition coefficient (Wildman–Crippen LogP) is 1.66. The molecule has 0 radical (unpaired) electrons. The summed E-state index contributed by atoms with van der Waals surface area (Å²) in [7, 11) is -3.37. The normalized spacial score (nSPS) is 15.5. The first kappa shape index (κ1) is 14.5. The molecule has 0 unspecified atom stereocenters. The number of rotatable bonds is 5. The molecule has 1 aliphatic heterocycles. The number of hydrogen-bond donors (Lipinski definition) is 2. The lowest BCUT2D eigenvalue weighted by molar-refractivity contribution is 0.551. The molecule has 1 aromatic rings. The molecule has 0 aromatic heterocycles. The van der Waals surface area contributed by atoms with E-state index in [0.717, 1.165) is 31.5 Å². The van der Waals surface area contributed by atoms with Crippen LogP contribution in [0.5, 0.6) is 0 Å². The van der Waals surface area contributed by atoms with Crippen molar-refractivity contribution in [2.45, 2.75) is 38.1 Å². The summed E-state index contributed by atoms with van der Waals surface area (Å²) in [6.45, 7) is 6.38. The molecule has 106 valence electrons. The number of fused-ring (bicyclic) bond motifs is 1. The van der Waals surface area contributed by atoms with E-state index >= 15 is 0 Å². The van der Waals surface area contributed by atoms with Gasteiger partial charge < -0.3 is 5.32 Å². The molecule has 0 saturated carbocycles. The van der Waals surface area contributed by atoms with Crippen molar-refractivity contribution in [1.29, 1.82) is 0 Å². The van der Waals surface area contributed by atoms with Gasteiger partial charge >= 0.3 is 0 Å². The van der Waals surface area contributed by atoms with E-state index in [-0.39, 0.29) is 0 Å². The van der Waals surface area contributed by atoms with Crippen LogP contribution in [0.25, 0.3) is 0 Å². The van der Waals surface area contributed by atoms with Gasteiger partial charge in [-0.05, 0) is 48.6 Å². The zero-order chi connectivity index (χ0) is 13.9. The van der Waals surface area contributed by atoms with Crippen LogP contribution < -0.4 is 10.0 Å². The minimum Gasteiger partial charge on any atom is -0.312 e. The van der Waals surface area contributed by atoms with E-state index in [1.807, 2.05) is 6.07 Å². The Bertz CT molecular complexity index is 538. The molecule has 2 N–H and O–H groups in total. The maximum absolute atomic E-state index is 12.2. The Balaban J connectivity index is 2.12. The zero-order valence-corrected chi connectivity index (χ0v) is 12.4. The predicted molar refractivity (Wildman–Crippen MR) is 76.5 cm³/mol. The lowest BCUT2D eigenvalue weighted by atomic mass is 10.0. The van der Waals surface area contributed by atoms with Gasteiger partial charge in [-0.3, -0.25) is 0 Å². The highest BCUT2D eigenvalue weighted by Gasteiger charge is 2.17. The fourth-order valence-electron chi connectivity index (χ4n) is 2.19. The van der Waals surface area contributed by atoms with E-state index in [0.29, 0.717) is 17.4 Å². The molecule has 0 atom stereocenters. The van der Waals surface area contributed by atoms with Crippen LogP contribution in [-0.4, -0.2) is 21.5 Å². The standard InChI is InChI=1S/C14H22N2O2S/c1-11(2)5-8-16-19(17,18)14-4-3-12-6-7-15-10-13(12)9-14/h3-4,9,11,15-16H,5-8,10H2,1-2H3. The Hall–Kier alpha value is -0.910.